The van der Waals surface area contributed by atoms with Gasteiger partial charge in [0.15, 0.2) is 9.84 Å². The summed E-state index contributed by atoms with van der Waals surface area (Å²) in [5.74, 6) is -0.722. The molecule has 2 heterocycles. The van der Waals surface area contributed by atoms with E-state index < -0.39 is 25.9 Å². The summed E-state index contributed by atoms with van der Waals surface area (Å²) in [5.41, 5.74) is 4.94. The predicted molar refractivity (Wildman–Crippen MR) is 81.2 cm³/mol. The Morgan fingerprint density at radius 1 is 1.43 bits per heavy atom. The molecule has 8 heteroatoms. The highest BCUT2D eigenvalue weighted by molar-refractivity contribution is 9.10. The molecule has 3 rings (SSSR count). The molecular weight excluding hydrogens is 361 g/mol. The van der Waals surface area contributed by atoms with Gasteiger partial charge in [0.1, 0.15) is 26.5 Å². The fourth-order valence-corrected chi connectivity index (χ4v) is 5.94. The van der Waals surface area contributed by atoms with Crippen LogP contribution in [0.15, 0.2) is 21.9 Å². The van der Waals surface area contributed by atoms with Gasteiger partial charge >= 0.3 is 0 Å². The first-order valence-electron chi connectivity index (χ1n) is 6.60. The Morgan fingerprint density at radius 2 is 2.10 bits per heavy atom. The third kappa shape index (κ3) is 2.03. The summed E-state index contributed by atoms with van der Waals surface area (Å²) in [6, 6.07) is 1.46. The van der Waals surface area contributed by atoms with Crippen molar-refractivity contribution in [2.45, 2.75) is 36.5 Å². The molecule has 0 bridgehead atoms. The molecule has 0 amide bonds. The third-order valence-corrected chi connectivity index (χ3v) is 7.65. The zero-order valence-electron chi connectivity index (χ0n) is 11.4. The molecule has 1 aliphatic carbocycles. The van der Waals surface area contributed by atoms with Crippen LogP contribution >= 0.6 is 15.9 Å². The van der Waals surface area contributed by atoms with Crippen LogP contribution in [0.3, 0.4) is 0 Å². The first-order chi connectivity index (χ1) is 9.70. The lowest BCUT2D eigenvalue weighted by molar-refractivity contribution is 0.388. The van der Waals surface area contributed by atoms with Gasteiger partial charge in [0.25, 0.3) is 0 Å². The lowest BCUT2D eigenvalue weighted by Gasteiger charge is -2.46. The highest BCUT2D eigenvalue weighted by Crippen LogP contribution is 2.47. The molecule has 1 unspecified atom stereocenters. The van der Waals surface area contributed by atoms with E-state index in [1.54, 1.807) is 6.92 Å². The van der Waals surface area contributed by atoms with Crippen LogP contribution in [0.4, 0.5) is 4.39 Å². The van der Waals surface area contributed by atoms with Crippen LogP contribution in [0.25, 0.3) is 0 Å². The minimum absolute atomic E-state index is 0.106. The first-order valence-corrected chi connectivity index (χ1v) is 9.04. The number of nitrogens with zero attached hydrogens (tertiary/aromatic N) is 2. The van der Waals surface area contributed by atoms with Crippen LogP contribution in [0, 0.1) is 5.82 Å². The number of pyridine rings is 1. The lowest BCUT2D eigenvalue weighted by atomic mass is 9.82. The molecule has 0 radical (unpaired) electrons. The summed E-state index contributed by atoms with van der Waals surface area (Å²) in [6.45, 7) is 1.59. The van der Waals surface area contributed by atoms with Gasteiger partial charge in [0, 0.05) is 5.56 Å². The van der Waals surface area contributed by atoms with Crippen LogP contribution in [0.2, 0.25) is 0 Å². The van der Waals surface area contributed by atoms with Gasteiger partial charge in [-0.1, -0.05) is 0 Å². The van der Waals surface area contributed by atoms with E-state index in [1.165, 1.54) is 6.07 Å². The van der Waals surface area contributed by atoms with E-state index in [1.807, 2.05) is 0 Å². The lowest BCUT2D eigenvalue weighted by Crippen LogP contribution is -2.61. The number of hydrogen-bond acceptors (Lipinski definition) is 5. The van der Waals surface area contributed by atoms with E-state index in [-0.39, 0.29) is 17.2 Å². The molecule has 1 saturated carbocycles. The molecule has 1 spiro atoms. The Hall–Kier alpha value is -1.02. The Labute approximate surface area is 130 Å². The van der Waals surface area contributed by atoms with Crippen molar-refractivity contribution in [3.63, 3.8) is 0 Å². The monoisotopic (exact) mass is 375 g/mol. The highest BCUT2D eigenvalue weighted by Gasteiger charge is 2.58. The number of halogens is 2. The van der Waals surface area contributed by atoms with Gasteiger partial charge < -0.3 is 5.73 Å². The second-order valence-electron chi connectivity index (χ2n) is 5.86. The molecule has 2 aliphatic rings. The fourth-order valence-electron chi connectivity index (χ4n) is 3.10. The maximum atomic E-state index is 14.1. The Balaban J connectivity index is 2.17. The van der Waals surface area contributed by atoms with Crippen molar-refractivity contribution in [3.05, 3.63) is 28.2 Å². The van der Waals surface area contributed by atoms with Crippen molar-refractivity contribution in [1.82, 2.24) is 4.98 Å². The number of aromatic nitrogens is 1. The van der Waals surface area contributed by atoms with Gasteiger partial charge in [0.2, 0.25) is 0 Å². The van der Waals surface area contributed by atoms with Gasteiger partial charge in [-0.05, 0) is 48.2 Å². The molecule has 0 saturated heterocycles. The standard InChI is InChI=1S/C13H15BrFN3O2S/c1-12(8-5-10(14)17-6-9(8)15)7-21(19,20)13(3-2-4-13)11(16)18-12/h5-6H,2-4,7H2,1H3,(H2,16,18). The number of amidine groups is 1. The van der Waals surface area contributed by atoms with Crippen LogP contribution in [0.5, 0.6) is 0 Å². The molecule has 21 heavy (non-hydrogen) atoms. The topological polar surface area (TPSA) is 85.4 Å². The largest absolute Gasteiger partial charge is 0.386 e. The average Bonchev–Trinajstić information content (AvgIpc) is 2.27. The van der Waals surface area contributed by atoms with Crippen molar-refractivity contribution in [1.29, 1.82) is 0 Å². The van der Waals surface area contributed by atoms with Gasteiger partial charge in [0.05, 0.1) is 11.9 Å². The van der Waals surface area contributed by atoms with Crippen LogP contribution in [0.1, 0.15) is 31.7 Å². The predicted octanol–water partition coefficient (Wildman–Crippen LogP) is 1.91. The molecular formula is C13H15BrFN3O2S. The Bertz CT molecular complexity index is 746. The van der Waals surface area contributed by atoms with E-state index in [2.05, 4.69) is 25.9 Å². The first kappa shape index (κ1) is 14.9. The summed E-state index contributed by atoms with van der Waals surface area (Å²) < 4.78 is 38.8. The smallest absolute Gasteiger partial charge is 0.165 e. The number of rotatable bonds is 1. The molecule has 1 aliphatic heterocycles. The number of sulfone groups is 1. The molecule has 1 aromatic heterocycles. The van der Waals surface area contributed by atoms with Gasteiger partial charge in [-0.2, -0.15) is 0 Å². The average molecular weight is 376 g/mol. The molecule has 114 valence electrons. The second kappa shape index (κ2) is 4.49. The van der Waals surface area contributed by atoms with E-state index in [9.17, 15) is 12.8 Å². The fraction of sp³-hybridized carbons (Fsp3) is 0.538. The van der Waals surface area contributed by atoms with Crippen molar-refractivity contribution < 1.29 is 12.8 Å². The van der Waals surface area contributed by atoms with Crippen LogP contribution in [-0.4, -0.2) is 29.7 Å². The van der Waals surface area contributed by atoms with E-state index in [4.69, 9.17) is 5.73 Å². The second-order valence-corrected chi connectivity index (χ2v) is 8.98. The Morgan fingerprint density at radius 3 is 2.62 bits per heavy atom. The quantitative estimate of drug-likeness (QED) is 0.759. The summed E-state index contributed by atoms with van der Waals surface area (Å²) in [4.78, 5) is 8.17. The summed E-state index contributed by atoms with van der Waals surface area (Å²) in [6.07, 6.45) is 2.88. The molecule has 0 aromatic carbocycles. The van der Waals surface area contributed by atoms with E-state index >= 15 is 0 Å². The number of nitrogens with two attached hydrogens (primary N) is 1. The molecule has 1 atom stereocenters. The van der Waals surface area contributed by atoms with Gasteiger partial charge in [-0.15, -0.1) is 0 Å². The minimum Gasteiger partial charge on any atom is -0.386 e. The maximum absolute atomic E-state index is 14.1. The SMILES string of the molecule is CC1(c2cc(Br)ncc2F)CS(=O)(=O)C2(CCC2)C(N)=N1. The number of hydrogen-bond donors (Lipinski definition) is 1. The number of aliphatic imine (C=N–C) groups is 1. The molecule has 5 nitrogen and oxygen atoms in total. The van der Waals surface area contributed by atoms with Crippen molar-refractivity contribution in [2.24, 2.45) is 10.7 Å². The third-order valence-electron chi connectivity index (χ3n) is 4.46. The van der Waals surface area contributed by atoms with Crippen molar-refractivity contribution in [2.75, 3.05) is 5.75 Å². The van der Waals surface area contributed by atoms with Crippen LogP contribution in [-0.2, 0) is 15.4 Å². The van der Waals surface area contributed by atoms with Crippen LogP contribution < -0.4 is 5.73 Å². The summed E-state index contributed by atoms with van der Waals surface area (Å²) in [7, 11) is -3.48. The molecule has 1 aromatic rings. The van der Waals surface area contributed by atoms with E-state index in [0.29, 0.717) is 17.4 Å². The normalized spacial score (nSPS) is 29.8. The molecule has 1 fully saturated rings. The van der Waals surface area contributed by atoms with Gasteiger partial charge in [-0.25, -0.2) is 17.8 Å². The van der Waals surface area contributed by atoms with Gasteiger partial charge in [-0.3, -0.25) is 4.99 Å². The summed E-state index contributed by atoms with van der Waals surface area (Å²) >= 11 is 3.17. The zero-order valence-corrected chi connectivity index (χ0v) is 13.8. The minimum atomic E-state index is -3.48. The maximum Gasteiger partial charge on any atom is 0.165 e. The molecule has 2 N–H and O–H groups in total. The Kier molecular flexibility index (Phi) is 3.18. The summed E-state index contributed by atoms with van der Waals surface area (Å²) in [5, 5.41) is 0. The van der Waals surface area contributed by atoms with Crippen molar-refractivity contribution >= 4 is 31.6 Å². The van der Waals surface area contributed by atoms with E-state index in [0.717, 1.165) is 12.6 Å². The van der Waals surface area contributed by atoms with Crippen molar-refractivity contribution in [3.8, 4) is 0 Å². The highest BCUT2D eigenvalue weighted by atomic mass is 79.9. The zero-order chi connectivity index (χ0) is 15.5.